The molecule has 0 aromatic heterocycles. The molecule has 2 N–H and O–H groups in total. The first-order valence-corrected chi connectivity index (χ1v) is 7.62. The van der Waals surface area contributed by atoms with Gasteiger partial charge in [-0.3, -0.25) is 0 Å². The van der Waals surface area contributed by atoms with Crippen LogP contribution in [0.4, 0.5) is 8.78 Å². The van der Waals surface area contributed by atoms with Crippen LogP contribution < -0.4 is 5.73 Å². The summed E-state index contributed by atoms with van der Waals surface area (Å²) >= 11 is 0. The van der Waals surface area contributed by atoms with E-state index in [9.17, 15) is 8.78 Å². The van der Waals surface area contributed by atoms with Crippen molar-refractivity contribution in [2.45, 2.75) is 52.5 Å². The van der Waals surface area contributed by atoms with Crippen LogP contribution in [-0.2, 0) is 0 Å². The highest BCUT2D eigenvalue weighted by atomic mass is 19.1. The number of hydrogen-bond acceptors (Lipinski definition) is 1. The zero-order chi connectivity index (χ0) is 14.9. The molecule has 1 atom stereocenters. The maximum atomic E-state index is 14.2. The summed E-state index contributed by atoms with van der Waals surface area (Å²) in [6, 6.07) is 2.27. The first-order valence-electron chi connectivity index (χ1n) is 7.62. The minimum Gasteiger partial charge on any atom is -0.324 e. The van der Waals surface area contributed by atoms with Gasteiger partial charge in [-0.1, -0.05) is 19.9 Å². The molecule has 112 valence electrons. The van der Waals surface area contributed by atoms with Crippen molar-refractivity contribution in [3.8, 4) is 0 Å². The Morgan fingerprint density at radius 3 is 2.15 bits per heavy atom. The highest BCUT2D eigenvalue weighted by molar-refractivity contribution is 5.29. The van der Waals surface area contributed by atoms with Gasteiger partial charge < -0.3 is 5.73 Å². The van der Waals surface area contributed by atoms with E-state index in [0.717, 1.165) is 31.6 Å². The fourth-order valence-electron chi connectivity index (χ4n) is 3.39. The first-order chi connectivity index (χ1) is 9.41. The van der Waals surface area contributed by atoms with E-state index in [2.05, 4.69) is 13.8 Å². The molecule has 1 nitrogen and oxygen atoms in total. The van der Waals surface area contributed by atoms with Crippen molar-refractivity contribution in [1.29, 1.82) is 0 Å². The number of benzene rings is 1. The normalized spacial score (nSPS) is 24.9. The van der Waals surface area contributed by atoms with Crippen molar-refractivity contribution in [2.75, 3.05) is 0 Å². The summed E-state index contributed by atoms with van der Waals surface area (Å²) in [5.41, 5.74) is 6.73. The van der Waals surface area contributed by atoms with Crippen LogP contribution in [0, 0.1) is 36.3 Å². The van der Waals surface area contributed by atoms with Crippen LogP contribution in [0.1, 0.15) is 56.7 Å². The number of aryl methyl sites for hydroxylation is 1. The Labute approximate surface area is 120 Å². The fourth-order valence-corrected chi connectivity index (χ4v) is 3.39. The average Bonchev–Trinajstić information content (AvgIpc) is 2.43. The topological polar surface area (TPSA) is 26.0 Å². The second kappa shape index (κ2) is 6.21. The smallest absolute Gasteiger partial charge is 0.133 e. The molecule has 2 rings (SSSR count). The third-order valence-electron chi connectivity index (χ3n) is 4.92. The van der Waals surface area contributed by atoms with Gasteiger partial charge in [0.2, 0.25) is 0 Å². The minimum atomic E-state index is -0.525. The lowest BCUT2D eigenvalue weighted by molar-refractivity contribution is 0.200. The van der Waals surface area contributed by atoms with Crippen molar-refractivity contribution in [3.63, 3.8) is 0 Å². The van der Waals surface area contributed by atoms with Gasteiger partial charge in [-0.25, -0.2) is 8.78 Å². The van der Waals surface area contributed by atoms with E-state index in [1.54, 1.807) is 6.92 Å². The lowest BCUT2D eigenvalue weighted by Crippen LogP contribution is -2.29. The number of halogens is 2. The Morgan fingerprint density at radius 2 is 1.60 bits per heavy atom. The Morgan fingerprint density at radius 1 is 1.05 bits per heavy atom. The molecule has 1 aromatic carbocycles. The fraction of sp³-hybridized carbons (Fsp3) is 0.647. The summed E-state index contributed by atoms with van der Waals surface area (Å²) < 4.78 is 28.1. The molecule has 0 amide bonds. The van der Waals surface area contributed by atoms with Crippen molar-refractivity contribution >= 4 is 0 Å². The molecule has 1 saturated carbocycles. The van der Waals surface area contributed by atoms with E-state index in [1.807, 2.05) is 0 Å². The molecule has 0 radical (unpaired) electrons. The molecule has 20 heavy (non-hydrogen) atoms. The molecule has 0 heterocycles. The summed E-state index contributed by atoms with van der Waals surface area (Å²) in [4.78, 5) is 0. The lowest BCUT2D eigenvalue weighted by atomic mass is 9.73. The van der Waals surface area contributed by atoms with Gasteiger partial charge in [0.1, 0.15) is 11.6 Å². The molecule has 1 aliphatic carbocycles. The van der Waals surface area contributed by atoms with Crippen LogP contribution >= 0.6 is 0 Å². The lowest BCUT2D eigenvalue weighted by Gasteiger charge is -2.34. The van der Waals surface area contributed by atoms with Crippen LogP contribution in [0.2, 0.25) is 0 Å². The summed E-state index contributed by atoms with van der Waals surface area (Å²) in [5.74, 6) is 0.621. The maximum Gasteiger partial charge on any atom is 0.133 e. The summed E-state index contributed by atoms with van der Waals surface area (Å²) in [5, 5.41) is 0. The second-order valence-electron chi connectivity index (χ2n) is 6.54. The molecule has 0 spiro atoms. The number of rotatable bonds is 3. The molecule has 3 heteroatoms. The highest BCUT2D eigenvalue weighted by Gasteiger charge is 2.30. The SMILES string of the molecule is Cc1ccc(F)c(C(N)C2CCC(C(C)C)CC2)c1F. The summed E-state index contributed by atoms with van der Waals surface area (Å²) in [6.07, 6.45) is 4.17. The summed E-state index contributed by atoms with van der Waals surface area (Å²) in [6.45, 7) is 6.14. The van der Waals surface area contributed by atoms with E-state index in [-0.39, 0.29) is 11.5 Å². The quantitative estimate of drug-likeness (QED) is 0.851. The van der Waals surface area contributed by atoms with Crippen molar-refractivity contribution in [1.82, 2.24) is 0 Å². The largest absolute Gasteiger partial charge is 0.324 e. The molecule has 0 bridgehead atoms. The van der Waals surface area contributed by atoms with E-state index in [1.165, 1.54) is 12.1 Å². The molecule has 1 fully saturated rings. The third-order valence-corrected chi connectivity index (χ3v) is 4.92. The number of hydrogen-bond donors (Lipinski definition) is 1. The van der Waals surface area contributed by atoms with Crippen molar-refractivity contribution < 1.29 is 8.78 Å². The maximum absolute atomic E-state index is 14.2. The van der Waals surface area contributed by atoms with Crippen LogP contribution in [0.15, 0.2) is 12.1 Å². The van der Waals surface area contributed by atoms with Gasteiger partial charge >= 0.3 is 0 Å². The van der Waals surface area contributed by atoms with Crippen molar-refractivity contribution in [3.05, 3.63) is 34.9 Å². The Balaban J connectivity index is 2.13. The van der Waals surface area contributed by atoms with E-state index >= 15 is 0 Å². The first kappa shape index (κ1) is 15.4. The standard InChI is InChI=1S/C17H25F2N/c1-10(2)12-5-7-13(8-6-12)17(20)15-14(18)9-4-11(3)16(15)19/h4,9-10,12-13,17H,5-8,20H2,1-3H3. The van der Waals surface area contributed by atoms with Gasteiger partial charge in [0, 0.05) is 11.6 Å². The van der Waals surface area contributed by atoms with E-state index < -0.39 is 17.7 Å². The van der Waals surface area contributed by atoms with Crippen LogP contribution in [0.5, 0.6) is 0 Å². The molecule has 1 aromatic rings. The zero-order valence-electron chi connectivity index (χ0n) is 12.6. The molecule has 1 aliphatic rings. The van der Waals surface area contributed by atoms with Gasteiger partial charge in [-0.2, -0.15) is 0 Å². The average molecular weight is 281 g/mol. The Bertz CT molecular complexity index is 462. The van der Waals surface area contributed by atoms with Crippen LogP contribution in [0.3, 0.4) is 0 Å². The third kappa shape index (κ3) is 3.03. The molecular weight excluding hydrogens is 256 g/mol. The summed E-state index contributed by atoms with van der Waals surface area (Å²) in [7, 11) is 0. The molecule has 0 aliphatic heterocycles. The van der Waals surface area contributed by atoms with Gasteiger partial charge in [0.05, 0.1) is 0 Å². The monoisotopic (exact) mass is 281 g/mol. The zero-order valence-corrected chi connectivity index (χ0v) is 12.6. The number of nitrogens with two attached hydrogens (primary N) is 1. The highest BCUT2D eigenvalue weighted by Crippen LogP contribution is 2.39. The van der Waals surface area contributed by atoms with Crippen molar-refractivity contribution in [2.24, 2.45) is 23.5 Å². The Kier molecular flexibility index (Phi) is 4.79. The molecule has 0 saturated heterocycles. The predicted molar refractivity (Wildman–Crippen MR) is 78.3 cm³/mol. The molecular formula is C17H25F2N. The van der Waals surface area contributed by atoms with E-state index in [4.69, 9.17) is 5.73 Å². The van der Waals surface area contributed by atoms with Gasteiger partial charge in [-0.15, -0.1) is 0 Å². The predicted octanol–water partition coefficient (Wildman–Crippen LogP) is 4.74. The van der Waals surface area contributed by atoms with E-state index in [0.29, 0.717) is 11.5 Å². The van der Waals surface area contributed by atoms with Crippen LogP contribution in [-0.4, -0.2) is 0 Å². The minimum absolute atomic E-state index is 0.0815. The van der Waals surface area contributed by atoms with Crippen LogP contribution in [0.25, 0.3) is 0 Å². The van der Waals surface area contributed by atoms with Gasteiger partial charge in [0.25, 0.3) is 0 Å². The Hall–Kier alpha value is -0.960. The van der Waals surface area contributed by atoms with Gasteiger partial charge in [-0.05, 0) is 62.0 Å². The van der Waals surface area contributed by atoms with Gasteiger partial charge in [0.15, 0.2) is 0 Å². The second-order valence-corrected chi connectivity index (χ2v) is 6.54. The molecule has 1 unspecified atom stereocenters.